The number of hydrogen-bond donors (Lipinski definition) is 2. The van der Waals surface area contributed by atoms with Crippen LogP contribution in [-0.2, 0) is 21.3 Å². The van der Waals surface area contributed by atoms with Gasteiger partial charge < -0.3 is 10.1 Å². The molecule has 0 heterocycles. The first kappa shape index (κ1) is 21.7. The molecular weight excluding hydrogens is 411 g/mol. The Labute approximate surface area is 168 Å². The molecule has 1 amide bonds. The van der Waals surface area contributed by atoms with E-state index in [1.165, 1.54) is 19.2 Å². The Morgan fingerprint density at radius 2 is 1.89 bits per heavy atom. The van der Waals surface area contributed by atoms with Crippen LogP contribution < -0.4 is 10.0 Å². The number of methoxy groups -OCH3 is 1. The normalized spacial score (nSPS) is 11.4. The zero-order chi connectivity index (χ0) is 20.0. The predicted molar refractivity (Wildman–Crippen MR) is 106 cm³/mol. The van der Waals surface area contributed by atoms with Crippen molar-refractivity contribution in [3.63, 3.8) is 0 Å². The molecule has 0 aliphatic carbocycles. The summed E-state index contributed by atoms with van der Waals surface area (Å²) < 4.78 is 32.6. The molecule has 6 nitrogen and oxygen atoms in total. The highest BCUT2D eigenvalue weighted by molar-refractivity contribution is 7.89. The second-order valence-electron chi connectivity index (χ2n) is 5.79. The summed E-state index contributed by atoms with van der Waals surface area (Å²) in [4.78, 5) is 12.3. The molecule has 0 radical (unpaired) electrons. The Morgan fingerprint density at radius 3 is 2.56 bits per heavy atom. The van der Waals surface area contributed by atoms with Gasteiger partial charge in [0.05, 0.1) is 11.5 Å². The Morgan fingerprint density at radius 1 is 1.15 bits per heavy atom. The van der Waals surface area contributed by atoms with Crippen molar-refractivity contribution in [2.24, 2.45) is 0 Å². The van der Waals surface area contributed by atoms with E-state index in [1.54, 1.807) is 31.2 Å². The van der Waals surface area contributed by atoms with E-state index >= 15 is 0 Å². The summed E-state index contributed by atoms with van der Waals surface area (Å²) in [5.74, 6) is -0.359. The molecule has 0 aromatic heterocycles. The Bertz CT molecular complexity index is 933. The molecule has 2 aromatic rings. The first-order valence-corrected chi connectivity index (χ1v) is 10.3. The molecule has 9 heteroatoms. The number of benzene rings is 2. The van der Waals surface area contributed by atoms with E-state index in [9.17, 15) is 13.2 Å². The molecule has 2 rings (SSSR count). The van der Waals surface area contributed by atoms with Gasteiger partial charge in [-0.05, 0) is 42.3 Å². The quantitative estimate of drug-likeness (QED) is 0.629. The minimum atomic E-state index is -3.83. The van der Waals surface area contributed by atoms with E-state index in [4.69, 9.17) is 27.9 Å². The molecular formula is C18H20Cl2N2O4S. The van der Waals surface area contributed by atoms with Crippen molar-refractivity contribution in [2.75, 3.05) is 20.3 Å². The van der Waals surface area contributed by atoms with Crippen molar-refractivity contribution in [3.05, 3.63) is 63.1 Å². The molecule has 0 fully saturated rings. The summed E-state index contributed by atoms with van der Waals surface area (Å²) in [5.41, 5.74) is 1.55. The average Bonchev–Trinajstić information content (AvgIpc) is 2.61. The van der Waals surface area contributed by atoms with Crippen LogP contribution in [0.15, 0.2) is 41.3 Å². The van der Waals surface area contributed by atoms with Gasteiger partial charge in [0.15, 0.2) is 0 Å². The summed E-state index contributed by atoms with van der Waals surface area (Å²) in [6.07, 6.45) is 0. The number of carbonyl (C=O) groups is 1. The average molecular weight is 431 g/mol. The first-order chi connectivity index (χ1) is 12.7. The third kappa shape index (κ3) is 5.92. The number of hydrogen-bond acceptors (Lipinski definition) is 4. The molecule has 0 spiro atoms. The molecule has 0 unspecified atom stereocenters. The van der Waals surface area contributed by atoms with Crippen LogP contribution in [0, 0.1) is 6.92 Å². The number of halogens is 2. The summed E-state index contributed by atoms with van der Waals surface area (Å²) in [7, 11) is -2.30. The van der Waals surface area contributed by atoms with Crippen LogP contribution in [0.4, 0.5) is 0 Å². The fraction of sp³-hybridized carbons (Fsp3) is 0.278. The summed E-state index contributed by atoms with van der Waals surface area (Å²) in [5, 5.41) is 3.52. The maximum atomic E-state index is 12.6. The minimum Gasteiger partial charge on any atom is -0.383 e. The maximum Gasteiger partial charge on any atom is 0.251 e. The van der Waals surface area contributed by atoms with Crippen LogP contribution in [0.25, 0.3) is 0 Å². The van der Waals surface area contributed by atoms with Crippen molar-refractivity contribution in [1.29, 1.82) is 0 Å². The van der Waals surface area contributed by atoms with Crippen LogP contribution in [-0.4, -0.2) is 34.6 Å². The first-order valence-electron chi connectivity index (χ1n) is 8.06. The topological polar surface area (TPSA) is 84.5 Å². The Balaban J connectivity index is 2.17. The lowest BCUT2D eigenvalue weighted by atomic mass is 10.1. The number of amides is 1. The number of rotatable bonds is 8. The SMILES string of the molecule is COCCNC(=O)c1cc(S(=O)(=O)NCc2ccc(Cl)cc2Cl)ccc1C. The molecule has 2 N–H and O–H groups in total. The van der Waals surface area contributed by atoms with E-state index in [-0.39, 0.29) is 17.3 Å². The van der Waals surface area contributed by atoms with Gasteiger partial charge >= 0.3 is 0 Å². The lowest BCUT2D eigenvalue weighted by molar-refractivity contribution is 0.0936. The van der Waals surface area contributed by atoms with Gasteiger partial charge in [-0.15, -0.1) is 0 Å². The van der Waals surface area contributed by atoms with Crippen molar-refractivity contribution < 1.29 is 17.9 Å². The van der Waals surface area contributed by atoms with Gasteiger partial charge in [0.25, 0.3) is 5.91 Å². The predicted octanol–water partition coefficient (Wildman–Crippen LogP) is 3.16. The third-order valence-corrected chi connectivity index (χ3v) is 5.81. The van der Waals surface area contributed by atoms with Crippen LogP contribution in [0.5, 0.6) is 0 Å². The summed E-state index contributed by atoms with van der Waals surface area (Å²) >= 11 is 11.9. The van der Waals surface area contributed by atoms with Gasteiger partial charge in [-0.2, -0.15) is 0 Å². The van der Waals surface area contributed by atoms with Gasteiger partial charge in [-0.3, -0.25) is 4.79 Å². The monoisotopic (exact) mass is 430 g/mol. The standard InChI is InChI=1S/C18H20Cl2N2O4S/c1-12-3-6-15(10-16(12)18(23)21-7-8-26-2)27(24,25)22-11-13-4-5-14(19)9-17(13)20/h3-6,9-10,22H,7-8,11H2,1-2H3,(H,21,23). The highest BCUT2D eigenvalue weighted by atomic mass is 35.5. The van der Waals surface area contributed by atoms with Crippen LogP contribution in [0.1, 0.15) is 21.5 Å². The van der Waals surface area contributed by atoms with E-state index in [1.807, 2.05) is 0 Å². The molecule has 0 aliphatic rings. The van der Waals surface area contributed by atoms with E-state index in [0.29, 0.717) is 39.9 Å². The largest absolute Gasteiger partial charge is 0.383 e. The molecule has 0 bridgehead atoms. The lowest BCUT2D eigenvalue weighted by Crippen LogP contribution is -2.28. The number of ether oxygens (including phenoxy) is 1. The van der Waals surface area contributed by atoms with E-state index < -0.39 is 10.0 Å². The van der Waals surface area contributed by atoms with Gasteiger partial charge in [0, 0.05) is 35.8 Å². The Hall–Kier alpha value is -1.64. The molecule has 0 saturated carbocycles. The minimum absolute atomic E-state index is 0.00157. The highest BCUT2D eigenvalue weighted by Gasteiger charge is 2.18. The van der Waals surface area contributed by atoms with Crippen molar-refractivity contribution >= 4 is 39.1 Å². The van der Waals surface area contributed by atoms with Crippen molar-refractivity contribution in [3.8, 4) is 0 Å². The highest BCUT2D eigenvalue weighted by Crippen LogP contribution is 2.22. The van der Waals surface area contributed by atoms with Gasteiger partial charge in [-0.1, -0.05) is 35.3 Å². The molecule has 2 aromatic carbocycles. The Kier molecular flexibility index (Phi) is 7.64. The second-order valence-corrected chi connectivity index (χ2v) is 8.40. The maximum absolute atomic E-state index is 12.6. The number of sulfonamides is 1. The van der Waals surface area contributed by atoms with E-state index in [0.717, 1.165) is 0 Å². The number of nitrogens with one attached hydrogen (secondary N) is 2. The second kappa shape index (κ2) is 9.52. The number of aryl methyl sites for hydroxylation is 1. The summed E-state index contributed by atoms with van der Waals surface area (Å²) in [6, 6.07) is 9.22. The van der Waals surface area contributed by atoms with Gasteiger partial charge in [0.1, 0.15) is 0 Å². The zero-order valence-corrected chi connectivity index (χ0v) is 17.2. The van der Waals surface area contributed by atoms with Crippen LogP contribution >= 0.6 is 23.2 Å². The molecule has 0 aliphatic heterocycles. The van der Waals surface area contributed by atoms with Crippen LogP contribution in [0.2, 0.25) is 10.0 Å². The fourth-order valence-corrected chi connectivity index (χ4v) is 3.80. The molecule has 0 saturated heterocycles. The molecule has 27 heavy (non-hydrogen) atoms. The molecule has 146 valence electrons. The fourth-order valence-electron chi connectivity index (χ4n) is 2.30. The third-order valence-electron chi connectivity index (χ3n) is 3.82. The van der Waals surface area contributed by atoms with Gasteiger partial charge in [0.2, 0.25) is 10.0 Å². The van der Waals surface area contributed by atoms with E-state index in [2.05, 4.69) is 10.0 Å². The van der Waals surface area contributed by atoms with Crippen LogP contribution in [0.3, 0.4) is 0 Å². The summed E-state index contributed by atoms with van der Waals surface area (Å²) in [6.45, 7) is 2.44. The van der Waals surface area contributed by atoms with Crippen molar-refractivity contribution in [1.82, 2.24) is 10.0 Å². The lowest BCUT2D eigenvalue weighted by Gasteiger charge is -2.12. The van der Waals surface area contributed by atoms with Crippen molar-refractivity contribution in [2.45, 2.75) is 18.4 Å². The zero-order valence-electron chi connectivity index (χ0n) is 14.9. The smallest absolute Gasteiger partial charge is 0.251 e. The molecule has 0 atom stereocenters. The van der Waals surface area contributed by atoms with Gasteiger partial charge in [-0.25, -0.2) is 13.1 Å². The number of carbonyl (C=O) groups excluding carboxylic acids is 1.